The Morgan fingerprint density at radius 1 is 1.44 bits per heavy atom. The van der Waals surface area contributed by atoms with Crippen molar-refractivity contribution in [2.75, 3.05) is 13.2 Å². The Hall–Kier alpha value is -0.420. The highest BCUT2D eigenvalue weighted by molar-refractivity contribution is 7.10. The van der Waals surface area contributed by atoms with Crippen LogP contribution in [0.1, 0.15) is 37.7 Å². The highest BCUT2D eigenvalue weighted by Crippen LogP contribution is 2.20. The molecule has 0 aliphatic carbocycles. The third kappa shape index (κ3) is 3.28. The molecule has 1 atom stereocenters. The van der Waals surface area contributed by atoms with Crippen molar-refractivity contribution in [1.29, 1.82) is 0 Å². The Labute approximate surface area is 101 Å². The molecule has 0 amide bonds. The van der Waals surface area contributed by atoms with E-state index in [0.29, 0.717) is 6.54 Å². The van der Waals surface area contributed by atoms with Gasteiger partial charge in [0.1, 0.15) is 6.10 Å². The molecule has 1 rings (SSSR count). The first-order valence-electron chi connectivity index (χ1n) is 5.74. The molecular weight excluding hydrogens is 222 g/mol. The Morgan fingerprint density at radius 3 is 2.56 bits per heavy atom. The summed E-state index contributed by atoms with van der Waals surface area (Å²) < 4.78 is 0. The van der Waals surface area contributed by atoms with Gasteiger partial charge in [-0.2, -0.15) is 0 Å². The first kappa shape index (κ1) is 13.6. The predicted molar refractivity (Wildman–Crippen MR) is 67.7 cm³/mol. The van der Waals surface area contributed by atoms with Gasteiger partial charge < -0.3 is 15.5 Å². The lowest BCUT2D eigenvalue weighted by Crippen LogP contribution is -2.48. The van der Waals surface area contributed by atoms with Crippen molar-refractivity contribution in [1.82, 2.24) is 5.32 Å². The summed E-state index contributed by atoms with van der Waals surface area (Å²) in [5.74, 6) is 0. The molecule has 3 N–H and O–H groups in total. The van der Waals surface area contributed by atoms with Gasteiger partial charge in [-0.25, -0.2) is 0 Å². The zero-order valence-corrected chi connectivity index (χ0v) is 10.8. The fraction of sp³-hybridized carbons (Fsp3) is 0.667. The molecule has 1 aromatic heterocycles. The molecule has 0 radical (unpaired) electrons. The van der Waals surface area contributed by atoms with Crippen LogP contribution in [0.3, 0.4) is 0 Å². The molecule has 0 saturated carbocycles. The molecule has 3 nitrogen and oxygen atoms in total. The lowest BCUT2D eigenvalue weighted by atomic mass is 9.93. The fourth-order valence-corrected chi connectivity index (χ4v) is 2.39. The molecule has 1 unspecified atom stereocenters. The molecule has 1 aromatic rings. The van der Waals surface area contributed by atoms with Crippen molar-refractivity contribution in [3.63, 3.8) is 0 Å². The zero-order chi connectivity index (χ0) is 12.0. The molecule has 0 aromatic carbocycles. The monoisotopic (exact) mass is 243 g/mol. The van der Waals surface area contributed by atoms with Gasteiger partial charge in [-0.05, 0) is 24.3 Å². The predicted octanol–water partition coefficient (Wildman–Crippen LogP) is 1.92. The SMILES string of the molecule is CCC(CC)(CO)NCC(O)c1cccs1. The van der Waals surface area contributed by atoms with Crippen LogP contribution in [0.2, 0.25) is 0 Å². The van der Waals surface area contributed by atoms with E-state index in [9.17, 15) is 10.2 Å². The van der Waals surface area contributed by atoms with Crippen LogP contribution in [0.25, 0.3) is 0 Å². The highest BCUT2D eigenvalue weighted by atomic mass is 32.1. The van der Waals surface area contributed by atoms with Crippen molar-refractivity contribution < 1.29 is 10.2 Å². The molecule has 16 heavy (non-hydrogen) atoms. The van der Waals surface area contributed by atoms with Gasteiger partial charge in [-0.15, -0.1) is 11.3 Å². The van der Waals surface area contributed by atoms with Gasteiger partial charge in [-0.3, -0.25) is 0 Å². The highest BCUT2D eigenvalue weighted by Gasteiger charge is 2.25. The number of rotatable bonds is 7. The molecule has 92 valence electrons. The zero-order valence-electron chi connectivity index (χ0n) is 9.94. The van der Waals surface area contributed by atoms with Crippen LogP contribution in [-0.2, 0) is 0 Å². The van der Waals surface area contributed by atoms with Gasteiger partial charge in [0.2, 0.25) is 0 Å². The number of aliphatic hydroxyl groups excluding tert-OH is 2. The van der Waals surface area contributed by atoms with Crippen molar-refractivity contribution in [3.05, 3.63) is 22.4 Å². The second kappa shape index (κ2) is 6.35. The molecule has 1 heterocycles. The molecule has 0 aliphatic rings. The lowest BCUT2D eigenvalue weighted by Gasteiger charge is -2.31. The molecule has 0 saturated heterocycles. The maximum Gasteiger partial charge on any atom is 0.101 e. The summed E-state index contributed by atoms with van der Waals surface area (Å²) in [4.78, 5) is 0.964. The Bertz CT molecular complexity index is 275. The van der Waals surface area contributed by atoms with Gasteiger partial charge in [0.05, 0.1) is 6.61 Å². The van der Waals surface area contributed by atoms with Crippen molar-refractivity contribution in [2.24, 2.45) is 0 Å². The summed E-state index contributed by atoms with van der Waals surface area (Å²) in [5, 5.41) is 24.5. The summed E-state index contributed by atoms with van der Waals surface area (Å²) >= 11 is 1.55. The fourth-order valence-electron chi connectivity index (χ4n) is 1.67. The molecule has 4 heteroatoms. The summed E-state index contributed by atoms with van der Waals surface area (Å²) in [6.07, 6.45) is 1.23. The van der Waals surface area contributed by atoms with Crippen LogP contribution in [0.5, 0.6) is 0 Å². The lowest BCUT2D eigenvalue weighted by molar-refractivity contribution is 0.116. The third-order valence-electron chi connectivity index (χ3n) is 3.20. The van der Waals surface area contributed by atoms with Crippen LogP contribution < -0.4 is 5.32 Å². The summed E-state index contributed by atoms with van der Waals surface area (Å²) in [5.41, 5.74) is -0.252. The molecule has 0 spiro atoms. The second-order valence-electron chi connectivity index (χ2n) is 4.06. The van der Waals surface area contributed by atoms with Crippen LogP contribution in [-0.4, -0.2) is 28.9 Å². The van der Waals surface area contributed by atoms with Crippen LogP contribution >= 0.6 is 11.3 Å². The van der Waals surface area contributed by atoms with Gasteiger partial charge in [0.25, 0.3) is 0 Å². The normalized spacial score (nSPS) is 14.0. The standard InChI is InChI=1S/C12H21NO2S/c1-3-12(4-2,9-14)13-8-10(15)11-6-5-7-16-11/h5-7,10,13-15H,3-4,8-9H2,1-2H3. The summed E-state index contributed by atoms with van der Waals surface area (Å²) in [7, 11) is 0. The van der Waals surface area contributed by atoms with E-state index in [1.807, 2.05) is 31.4 Å². The van der Waals surface area contributed by atoms with Crippen LogP contribution in [0.4, 0.5) is 0 Å². The molecule has 0 bridgehead atoms. The van der Waals surface area contributed by atoms with E-state index in [2.05, 4.69) is 5.32 Å². The van der Waals surface area contributed by atoms with E-state index in [-0.39, 0.29) is 12.1 Å². The second-order valence-corrected chi connectivity index (χ2v) is 5.04. The summed E-state index contributed by atoms with van der Waals surface area (Å²) in [6, 6.07) is 3.86. The van der Waals surface area contributed by atoms with E-state index in [1.54, 1.807) is 11.3 Å². The number of thiophene rings is 1. The first-order chi connectivity index (χ1) is 7.67. The smallest absolute Gasteiger partial charge is 0.101 e. The molecular formula is C12H21NO2S. The summed E-state index contributed by atoms with van der Waals surface area (Å²) in [6.45, 7) is 4.69. The average Bonchev–Trinajstić information content (AvgIpc) is 2.85. The molecule has 0 fully saturated rings. The number of aliphatic hydroxyl groups is 2. The Morgan fingerprint density at radius 2 is 2.12 bits per heavy atom. The minimum Gasteiger partial charge on any atom is -0.394 e. The number of nitrogens with one attached hydrogen (secondary N) is 1. The minimum absolute atomic E-state index is 0.108. The number of hydrogen-bond acceptors (Lipinski definition) is 4. The van der Waals surface area contributed by atoms with E-state index in [0.717, 1.165) is 17.7 Å². The van der Waals surface area contributed by atoms with E-state index >= 15 is 0 Å². The number of hydrogen-bond donors (Lipinski definition) is 3. The van der Waals surface area contributed by atoms with Gasteiger partial charge in [-0.1, -0.05) is 19.9 Å². The van der Waals surface area contributed by atoms with Gasteiger partial charge in [0.15, 0.2) is 0 Å². The van der Waals surface area contributed by atoms with E-state index in [1.165, 1.54) is 0 Å². The first-order valence-corrected chi connectivity index (χ1v) is 6.62. The topological polar surface area (TPSA) is 52.5 Å². The maximum atomic E-state index is 9.93. The van der Waals surface area contributed by atoms with Crippen LogP contribution in [0.15, 0.2) is 17.5 Å². The number of β-amino-alcohol motifs (C(OH)–C–C–N with tert-alkyl or cyclic N) is 1. The Balaban J connectivity index is 2.49. The largest absolute Gasteiger partial charge is 0.394 e. The van der Waals surface area contributed by atoms with Crippen LogP contribution in [0, 0.1) is 0 Å². The van der Waals surface area contributed by atoms with Gasteiger partial charge in [0, 0.05) is 17.0 Å². The minimum atomic E-state index is -0.482. The average molecular weight is 243 g/mol. The quantitative estimate of drug-likeness (QED) is 0.686. The van der Waals surface area contributed by atoms with E-state index < -0.39 is 6.10 Å². The van der Waals surface area contributed by atoms with Crippen molar-refractivity contribution >= 4 is 11.3 Å². The third-order valence-corrected chi connectivity index (χ3v) is 4.17. The molecule has 0 aliphatic heterocycles. The van der Waals surface area contributed by atoms with Crippen molar-refractivity contribution in [2.45, 2.75) is 38.3 Å². The maximum absolute atomic E-state index is 9.93. The van der Waals surface area contributed by atoms with Crippen molar-refractivity contribution in [3.8, 4) is 0 Å². The Kier molecular flexibility index (Phi) is 5.41. The van der Waals surface area contributed by atoms with Gasteiger partial charge >= 0.3 is 0 Å². The van der Waals surface area contributed by atoms with E-state index in [4.69, 9.17) is 0 Å².